The molecule has 1 saturated heterocycles. The van der Waals surface area contributed by atoms with E-state index < -0.39 is 16.1 Å². The van der Waals surface area contributed by atoms with Gasteiger partial charge in [0.2, 0.25) is 10.0 Å². The molecule has 0 aromatic heterocycles. The summed E-state index contributed by atoms with van der Waals surface area (Å²) in [6.07, 6.45) is 1.49. The highest BCUT2D eigenvalue weighted by Gasteiger charge is 2.61. The van der Waals surface area contributed by atoms with Crippen molar-refractivity contribution in [3.8, 4) is 0 Å². The van der Waals surface area contributed by atoms with Crippen LogP contribution in [-0.2, 0) is 10.0 Å². The summed E-state index contributed by atoms with van der Waals surface area (Å²) in [6.45, 7) is 0.571. The van der Waals surface area contributed by atoms with E-state index >= 15 is 0 Å². The van der Waals surface area contributed by atoms with E-state index in [0.717, 1.165) is 17.3 Å². The van der Waals surface area contributed by atoms with Crippen LogP contribution in [0.2, 0.25) is 0 Å². The number of fused-ring (bicyclic) bond motifs is 1. The van der Waals surface area contributed by atoms with Gasteiger partial charge in [0.25, 0.3) is 0 Å². The third kappa shape index (κ3) is 1.68. The van der Waals surface area contributed by atoms with Gasteiger partial charge in [0.1, 0.15) is 0 Å². The summed E-state index contributed by atoms with van der Waals surface area (Å²) in [4.78, 5) is 0.317. The molecule has 2 bridgehead atoms. The molecule has 1 heterocycles. The molecule has 2 aliphatic carbocycles. The van der Waals surface area contributed by atoms with Crippen LogP contribution in [0.4, 0.5) is 0 Å². The molecule has 4 nitrogen and oxygen atoms in total. The minimum atomic E-state index is -3.50. The van der Waals surface area contributed by atoms with E-state index in [1.165, 1.54) is 0 Å². The zero-order valence-corrected chi connectivity index (χ0v) is 13.2. The third-order valence-corrected chi connectivity index (χ3v) is 7.63. The van der Waals surface area contributed by atoms with Crippen LogP contribution in [0.3, 0.4) is 0 Å². The molecule has 108 valence electrons. The van der Waals surface area contributed by atoms with E-state index in [4.69, 9.17) is 0 Å². The Morgan fingerprint density at radius 3 is 2.50 bits per heavy atom. The Hall–Kier alpha value is -0.430. The predicted octanol–water partition coefficient (Wildman–Crippen LogP) is 1.84. The number of hydrogen-bond donors (Lipinski definition) is 1. The monoisotopic (exact) mass is 357 g/mol. The molecule has 0 radical (unpaired) electrons. The van der Waals surface area contributed by atoms with E-state index in [-0.39, 0.29) is 6.04 Å². The van der Waals surface area contributed by atoms with E-state index in [1.54, 1.807) is 28.6 Å². The molecule has 1 aliphatic heterocycles. The maximum atomic E-state index is 12.8. The standard InChI is InChI=1S/C14H16BrNO3S/c15-10-1-3-11(4-2-10)20(18,19)16-7-9-5-8-6-12(9)13(16)14(8)17/h1-4,8-9,12-14,17H,5-7H2/t8-,9-,12+,13+,14+/m0/s1. The van der Waals surface area contributed by atoms with E-state index in [1.807, 2.05) is 0 Å². The smallest absolute Gasteiger partial charge is 0.243 e. The quantitative estimate of drug-likeness (QED) is 0.878. The Morgan fingerprint density at radius 2 is 1.85 bits per heavy atom. The van der Waals surface area contributed by atoms with E-state index in [2.05, 4.69) is 15.9 Å². The lowest BCUT2D eigenvalue weighted by atomic mass is 9.88. The zero-order valence-electron chi connectivity index (χ0n) is 10.8. The third-order valence-electron chi connectivity index (χ3n) is 5.22. The summed E-state index contributed by atoms with van der Waals surface area (Å²) >= 11 is 3.32. The summed E-state index contributed by atoms with van der Waals surface area (Å²) in [5.41, 5.74) is 0. The highest BCUT2D eigenvalue weighted by molar-refractivity contribution is 9.10. The van der Waals surface area contributed by atoms with Crippen LogP contribution in [0, 0.1) is 17.8 Å². The summed E-state index contributed by atoms with van der Waals surface area (Å²) in [6, 6.07) is 6.53. The summed E-state index contributed by atoms with van der Waals surface area (Å²) < 4.78 is 28.0. The normalized spacial score (nSPS) is 39.6. The number of nitrogens with zero attached hydrogens (tertiary/aromatic N) is 1. The minimum absolute atomic E-state index is 0.201. The molecule has 4 rings (SSSR count). The van der Waals surface area contributed by atoms with Crippen molar-refractivity contribution >= 4 is 26.0 Å². The van der Waals surface area contributed by atoms with Crippen LogP contribution >= 0.6 is 15.9 Å². The van der Waals surface area contributed by atoms with Gasteiger partial charge in [-0.05, 0) is 54.9 Å². The van der Waals surface area contributed by atoms with Crippen molar-refractivity contribution in [3.63, 3.8) is 0 Å². The molecule has 3 fully saturated rings. The van der Waals surface area contributed by atoms with Gasteiger partial charge in [-0.1, -0.05) is 15.9 Å². The molecular formula is C14H16BrNO3S. The van der Waals surface area contributed by atoms with E-state index in [9.17, 15) is 13.5 Å². The number of sulfonamides is 1. The first kappa shape index (κ1) is 13.2. The molecule has 1 aromatic carbocycles. The molecule has 0 spiro atoms. The van der Waals surface area contributed by atoms with Gasteiger partial charge in [-0.2, -0.15) is 4.31 Å². The van der Waals surface area contributed by atoms with Crippen LogP contribution in [0.15, 0.2) is 33.6 Å². The topological polar surface area (TPSA) is 57.6 Å². The number of rotatable bonds is 2. The Balaban J connectivity index is 1.72. The summed E-state index contributed by atoms with van der Waals surface area (Å²) in [5.74, 6) is 1.11. The first-order chi connectivity index (χ1) is 9.48. The fourth-order valence-electron chi connectivity index (χ4n) is 4.38. The average molecular weight is 358 g/mol. The van der Waals surface area contributed by atoms with Crippen molar-refractivity contribution in [1.29, 1.82) is 0 Å². The minimum Gasteiger partial charge on any atom is -0.391 e. The van der Waals surface area contributed by atoms with E-state index in [0.29, 0.717) is 29.2 Å². The lowest BCUT2D eigenvalue weighted by molar-refractivity contribution is 0.0731. The molecule has 0 unspecified atom stereocenters. The maximum Gasteiger partial charge on any atom is 0.243 e. The lowest BCUT2D eigenvalue weighted by Gasteiger charge is -2.28. The Morgan fingerprint density at radius 1 is 1.15 bits per heavy atom. The molecule has 20 heavy (non-hydrogen) atoms. The fraction of sp³-hybridized carbons (Fsp3) is 0.571. The van der Waals surface area contributed by atoms with Crippen molar-refractivity contribution in [2.24, 2.45) is 17.8 Å². The van der Waals surface area contributed by atoms with Crippen molar-refractivity contribution in [3.05, 3.63) is 28.7 Å². The number of aliphatic hydroxyl groups is 1. The van der Waals surface area contributed by atoms with Crippen molar-refractivity contribution in [2.45, 2.75) is 29.9 Å². The average Bonchev–Trinajstić information content (AvgIpc) is 3.00. The maximum absolute atomic E-state index is 12.8. The van der Waals surface area contributed by atoms with Crippen LogP contribution in [-0.4, -0.2) is 36.5 Å². The van der Waals surface area contributed by atoms with Gasteiger partial charge >= 0.3 is 0 Å². The number of benzene rings is 1. The van der Waals surface area contributed by atoms with Crippen LogP contribution in [0.25, 0.3) is 0 Å². The number of hydrogen-bond acceptors (Lipinski definition) is 3. The largest absolute Gasteiger partial charge is 0.391 e. The molecule has 2 saturated carbocycles. The van der Waals surface area contributed by atoms with Crippen molar-refractivity contribution < 1.29 is 13.5 Å². The first-order valence-corrected chi connectivity index (χ1v) is 9.17. The van der Waals surface area contributed by atoms with Crippen LogP contribution < -0.4 is 0 Å². The van der Waals surface area contributed by atoms with Crippen molar-refractivity contribution in [2.75, 3.05) is 6.54 Å². The predicted molar refractivity (Wildman–Crippen MR) is 77.5 cm³/mol. The van der Waals surface area contributed by atoms with Gasteiger partial charge in [0.15, 0.2) is 0 Å². The Bertz CT molecular complexity index is 643. The SMILES string of the molecule is O=S(=O)(c1ccc(Br)cc1)N1C[C@@H]2C[C@H]3C[C@H]2[C@@H]1[C@@H]3O. The van der Waals surface area contributed by atoms with Gasteiger partial charge in [-0.15, -0.1) is 0 Å². The van der Waals surface area contributed by atoms with Crippen LogP contribution in [0.1, 0.15) is 12.8 Å². The highest BCUT2D eigenvalue weighted by Crippen LogP contribution is 2.56. The molecule has 6 heteroatoms. The van der Waals surface area contributed by atoms with Gasteiger partial charge < -0.3 is 5.11 Å². The highest BCUT2D eigenvalue weighted by atomic mass is 79.9. The molecule has 5 atom stereocenters. The molecule has 3 aliphatic rings. The molecule has 1 N–H and O–H groups in total. The first-order valence-electron chi connectivity index (χ1n) is 6.94. The zero-order chi connectivity index (χ0) is 14.1. The van der Waals surface area contributed by atoms with Gasteiger partial charge in [-0.25, -0.2) is 8.42 Å². The Kier molecular flexibility index (Phi) is 2.84. The fourth-order valence-corrected chi connectivity index (χ4v) is 6.38. The summed E-state index contributed by atoms with van der Waals surface area (Å²) in [5, 5.41) is 10.3. The second-order valence-electron chi connectivity index (χ2n) is 6.17. The van der Waals surface area contributed by atoms with Gasteiger partial charge in [0.05, 0.1) is 17.0 Å². The molecule has 1 aromatic rings. The number of halogens is 1. The number of aliphatic hydroxyl groups excluding tert-OH is 1. The van der Waals surface area contributed by atoms with Gasteiger partial charge in [0, 0.05) is 11.0 Å². The molecule has 0 amide bonds. The second kappa shape index (κ2) is 4.29. The second-order valence-corrected chi connectivity index (χ2v) is 8.97. The van der Waals surface area contributed by atoms with Crippen molar-refractivity contribution in [1.82, 2.24) is 4.31 Å². The van der Waals surface area contributed by atoms with Gasteiger partial charge in [-0.3, -0.25) is 0 Å². The lowest BCUT2D eigenvalue weighted by Crippen LogP contribution is -2.43. The summed E-state index contributed by atoms with van der Waals surface area (Å²) in [7, 11) is -3.50. The van der Waals surface area contributed by atoms with Crippen LogP contribution in [0.5, 0.6) is 0 Å². The molecular weight excluding hydrogens is 342 g/mol. The Labute approximate surface area is 127 Å².